The van der Waals surface area contributed by atoms with E-state index in [0.29, 0.717) is 28.9 Å². The number of ether oxygens (including phenoxy) is 1. The zero-order valence-electron chi connectivity index (χ0n) is 10.4. The van der Waals surface area contributed by atoms with Crippen LogP contribution in [0.4, 0.5) is 0 Å². The molecule has 17 heavy (non-hydrogen) atoms. The molecule has 3 nitrogen and oxygen atoms in total. The lowest BCUT2D eigenvalue weighted by Gasteiger charge is -2.12. The van der Waals surface area contributed by atoms with Crippen molar-refractivity contribution in [3.63, 3.8) is 0 Å². The van der Waals surface area contributed by atoms with E-state index in [1.807, 2.05) is 6.92 Å². The van der Waals surface area contributed by atoms with Gasteiger partial charge < -0.3 is 10.1 Å². The fourth-order valence-electron chi connectivity index (χ4n) is 1.40. The number of hydrogen-bond donors (Lipinski definition) is 1. The normalized spacial score (nSPS) is 12.2. The average molecular weight is 256 g/mol. The van der Waals surface area contributed by atoms with Crippen LogP contribution in [0.3, 0.4) is 0 Å². The topological polar surface area (TPSA) is 38.3 Å². The Bertz CT molecular complexity index is 393. The van der Waals surface area contributed by atoms with E-state index in [9.17, 15) is 4.79 Å². The molecule has 0 bridgehead atoms. The monoisotopic (exact) mass is 255 g/mol. The maximum absolute atomic E-state index is 12.0. The van der Waals surface area contributed by atoms with Gasteiger partial charge in [-0.15, -0.1) is 0 Å². The van der Waals surface area contributed by atoms with Crippen LogP contribution in [0.2, 0.25) is 5.02 Å². The van der Waals surface area contributed by atoms with E-state index < -0.39 is 0 Å². The van der Waals surface area contributed by atoms with Crippen molar-refractivity contribution in [1.82, 2.24) is 5.32 Å². The first-order valence-corrected chi connectivity index (χ1v) is 6.06. The van der Waals surface area contributed by atoms with Crippen LogP contribution in [-0.2, 0) is 0 Å². The first-order valence-electron chi connectivity index (χ1n) is 5.68. The van der Waals surface area contributed by atoms with Gasteiger partial charge in [0.1, 0.15) is 5.75 Å². The molecular weight excluding hydrogens is 238 g/mol. The van der Waals surface area contributed by atoms with Crippen LogP contribution in [0.1, 0.15) is 30.6 Å². The maximum Gasteiger partial charge on any atom is 0.180 e. The third-order valence-corrected chi connectivity index (χ3v) is 2.92. The zero-order valence-corrected chi connectivity index (χ0v) is 11.2. The number of nitrogens with one attached hydrogen (secondary N) is 1. The van der Waals surface area contributed by atoms with Gasteiger partial charge in [0.25, 0.3) is 0 Å². The summed E-state index contributed by atoms with van der Waals surface area (Å²) in [5.41, 5.74) is 0.524. The maximum atomic E-state index is 12.0. The van der Waals surface area contributed by atoms with E-state index in [-0.39, 0.29) is 5.78 Å². The van der Waals surface area contributed by atoms with Gasteiger partial charge >= 0.3 is 0 Å². The van der Waals surface area contributed by atoms with Crippen LogP contribution in [0.25, 0.3) is 0 Å². The lowest BCUT2D eigenvalue weighted by molar-refractivity contribution is 0.0984. The standard InChI is InChI=1S/C13H18ClNO2/c1-4-9(2)15-8-12(16)11-7-10(14)5-6-13(11)17-3/h5-7,9,15H,4,8H2,1-3H3. The van der Waals surface area contributed by atoms with Gasteiger partial charge in [0.15, 0.2) is 5.78 Å². The van der Waals surface area contributed by atoms with Gasteiger partial charge in [-0.3, -0.25) is 4.79 Å². The molecule has 1 rings (SSSR count). The van der Waals surface area contributed by atoms with Crippen molar-refractivity contribution < 1.29 is 9.53 Å². The first kappa shape index (κ1) is 14.0. The Morgan fingerprint density at radius 3 is 2.82 bits per heavy atom. The summed E-state index contributed by atoms with van der Waals surface area (Å²) in [6.45, 7) is 4.41. The van der Waals surface area contributed by atoms with E-state index in [4.69, 9.17) is 16.3 Å². The molecule has 0 saturated heterocycles. The molecule has 0 heterocycles. The molecule has 4 heteroatoms. The zero-order chi connectivity index (χ0) is 12.8. The van der Waals surface area contributed by atoms with Gasteiger partial charge in [0.05, 0.1) is 19.2 Å². The second kappa shape index (κ2) is 6.62. The van der Waals surface area contributed by atoms with E-state index >= 15 is 0 Å². The molecule has 0 saturated carbocycles. The molecule has 1 N–H and O–H groups in total. The summed E-state index contributed by atoms with van der Waals surface area (Å²) in [7, 11) is 1.54. The SMILES string of the molecule is CCC(C)NCC(=O)c1cc(Cl)ccc1OC. The van der Waals surface area contributed by atoms with Crippen molar-refractivity contribution in [2.75, 3.05) is 13.7 Å². The number of methoxy groups -OCH3 is 1. The van der Waals surface area contributed by atoms with Gasteiger partial charge in [0, 0.05) is 11.1 Å². The number of rotatable bonds is 6. The average Bonchev–Trinajstić information content (AvgIpc) is 2.35. The molecule has 0 radical (unpaired) electrons. The summed E-state index contributed by atoms with van der Waals surface area (Å²) in [5, 5.41) is 3.69. The summed E-state index contributed by atoms with van der Waals surface area (Å²) in [6, 6.07) is 5.38. The summed E-state index contributed by atoms with van der Waals surface area (Å²) < 4.78 is 5.15. The fraction of sp³-hybridized carbons (Fsp3) is 0.462. The van der Waals surface area contributed by atoms with Gasteiger partial charge in [-0.1, -0.05) is 18.5 Å². The molecule has 1 aromatic rings. The van der Waals surface area contributed by atoms with Crippen LogP contribution in [0.15, 0.2) is 18.2 Å². The smallest absolute Gasteiger partial charge is 0.180 e. The fourth-order valence-corrected chi connectivity index (χ4v) is 1.58. The molecule has 0 fully saturated rings. The van der Waals surface area contributed by atoms with Gasteiger partial charge in [0.2, 0.25) is 0 Å². The number of hydrogen-bond acceptors (Lipinski definition) is 3. The Morgan fingerprint density at radius 2 is 2.24 bits per heavy atom. The highest BCUT2D eigenvalue weighted by Crippen LogP contribution is 2.22. The second-order valence-electron chi connectivity index (χ2n) is 3.96. The Morgan fingerprint density at radius 1 is 1.53 bits per heavy atom. The highest BCUT2D eigenvalue weighted by Gasteiger charge is 2.13. The van der Waals surface area contributed by atoms with Crippen molar-refractivity contribution in [2.45, 2.75) is 26.3 Å². The van der Waals surface area contributed by atoms with Crippen LogP contribution in [-0.4, -0.2) is 25.5 Å². The van der Waals surface area contributed by atoms with Crippen molar-refractivity contribution in [2.24, 2.45) is 0 Å². The molecule has 94 valence electrons. The Kier molecular flexibility index (Phi) is 5.45. The quantitative estimate of drug-likeness (QED) is 0.795. The lowest BCUT2D eigenvalue weighted by Crippen LogP contribution is -2.31. The van der Waals surface area contributed by atoms with Crippen molar-refractivity contribution in [3.8, 4) is 5.75 Å². The number of halogens is 1. The van der Waals surface area contributed by atoms with Gasteiger partial charge in [-0.05, 0) is 31.5 Å². The van der Waals surface area contributed by atoms with Crippen LogP contribution < -0.4 is 10.1 Å². The Balaban J connectivity index is 2.77. The Hall–Kier alpha value is -1.06. The van der Waals surface area contributed by atoms with Crippen molar-refractivity contribution in [3.05, 3.63) is 28.8 Å². The summed E-state index contributed by atoms with van der Waals surface area (Å²) >= 11 is 5.88. The van der Waals surface area contributed by atoms with Crippen LogP contribution >= 0.6 is 11.6 Å². The molecule has 1 atom stereocenters. The van der Waals surface area contributed by atoms with E-state index in [0.717, 1.165) is 6.42 Å². The predicted octanol–water partition coefficient (Wildman–Crippen LogP) is 2.92. The molecule has 0 amide bonds. The first-order chi connectivity index (χ1) is 8.08. The molecular formula is C13H18ClNO2. The third kappa shape index (κ3) is 4.02. The number of carbonyl (C=O) groups excluding carboxylic acids is 1. The lowest BCUT2D eigenvalue weighted by atomic mass is 10.1. The third-order valence-electron chi connectivity index (χ3n) is 2.69. The number of benzene rings is 1. The number of carbonyl (C=O) groups is 1. The molecule has 1 unspecified atom stereocenters. The molecule has 1 aromatic carbocycles. The summed E-state index contributed by atoms with van der Waals surface area (Å²) in [5.74, 6) is 0.551. The molecule has 0 aliphatic rings. The minimum absolute atomic E-state index is 0.00958. The Labute approximate surface area is 107 Å². The van der Waals surface area contributed by atoms with Crippen molar-refractivity contribution >= 4 is 17.4 Å². The summed E-state index contributed by atoms with van der Waals surface area (Å²) in [6.07, 6.45) is 0.986. The molecule has 0 aliphatic carbocycles. The van der Waals surface area contributed by atoms with Gasteiger partial charge in [-0.2, -0.15) is 0 Å². The molecule has 0 aromatic heterocycles. The van der Waals surface area contributed by atoms with Gasteiger partial charge in [-0.25, -0.2) is 0 Å². The van der Waals surface area contributed by atoms with Crippen molar-refractivity contribution in [1.29, 1.82) is 0 Å². The minimum Gasteiger partial charge on any atom is -0.496 e. The number of Topliss-reactive ketones (excluding diaryl/α,β-unsaturated/α-hetero) is 1. The second-order valence-corrected chi connectivity index (χ2v) is 4.39. The van der Waals surface area contributed by atoms with E-state index in [1.165, 1.54) is 0 Å². The highest BCUT2D eigenvalue weighted by atomic mass is 35.5. The van der Waals surface area contributed by atoms with E-state index in [1.54, 1.807) is 25.3 Å². The van der Waals surface area contributed by atoms with Crippen LogP contribution in [0.5, 0.6) is 5.75 Å². The molecule has 0 spiro atoms. The minimum atomic E-state index is -0.00958. The van der Waals surface area contributed by atoms with E-state index in [2.05, 4.69) is 12.2 Å². The predicted molar refractivity (Wildman–Crippen MR) is 70.1 cm³/mol. The van der Waals surface area contributed by atoms with Crippen LogP contribution in [0, 0.1) is 0 Å². The summed E-state index contributed by atoms with van der Waals surface area (Å²) in [4.78, 5) is 12.0. The molecule has 0 aliphatic heterocycles. The number of ketones is 1. The highest BCUT2D eigenvalue weighted by molar-refractivity contribution is 6.31. The largest absolute Gasteiger partial charge is 0.496 e.